The number of ether oxygens (including phenoxy) is 1. The fourth-order valence-electron chi connectivity index (χ4n) is 2.31. The Hall–Kier alpha value is -0.830. The zero-order valence-corrected chi connectivity index (χ0v) is 11.4. The van der Waals surface area contributed by atoms with Crippen LogP contribution in [-0.2, 0) is 17.6 Å². The van der Waals surface area contributed by atoms with E-state index in [2.05, 4.69) is 13.0 Å². The average molecular weight is 252 g/mol. The van der Waals surface area contributed by atoms with Gasteiger partial charge in [0.2, 0.25) is 0 Å². The Morgan fingerprint density at radius 1 is 1.53 bits per heavy atom. The van der Waals surface area contributed by atoms with Crippen molar-refractivity contribution in [3.05, 3.63) is 21.4 Å². The van der Waals surface area contributed by atoms with Crippen LogP contribution in [0.5, 0.6) is 0 Å². The van der Waals surface area contributed by atoms with Crippen molar-refractivity contribution in [1.82, 2.24) is 0 Å². The zero-order valence-electron chi connectivity index (χ0n) is 10.6. The molecule has 0 radical (unpaired) electrons. The maximum atomic E-state index is 11.8. The van der Waals surface area contributed by atoms with Crippen molar-refractivity contribution in [2.45, 2.75) is 46.0 Å². The normalized spacial score (nSPS) is 18.8. The quantitative estimate of drug-likeness (QED) is 0.761. The van der Waals surface area contributed by atoms with Gasteiger partial charge < -0.3 is 4.74 Å². The van der Waals surface area contributed by atoms with E-state index in [1.165, 1.54) is 23.3 Å². The van der Waals surface area contributed by atoms with E-state index in [1.54, 1.807) is 11.3 Å². The Balaban J connectivity index is 2.07. The van der Waals surface area contributed by atoms with E-state index in [0.717, 1.165) is 30.1 Å². The lowest BCUT2D eigenvalue weighted by molar-refractivity contribution is 0.0511. The van der Waals surface area contributed by atoms with Gasteiger partial charge in [-0.1, -0.05) is 20.3 Å². The number of hydrogen-bond acceptors (Lipinski definition) is 3. The first-order valence-electron chi connectivity index (χ1n) is 6.53. The van der Waals surface area contributed by atoms with E-state index in [1.807, 2.05) is 6.92 Å². The highest BCUT2D eigenvalue weighted by atomic mass is 32.1. The molecule has 0 bridgehead atoms. The monoisotopic (exact) mass is 252 g/mol. The van der Waals surface area contributed by atoms with Crippen molar-refractivity contribution in [1.29, 1.82) is 0 Å². The first kappa shape index (κ1) is 12.6. The summed E-state index contributed by atoms with van der Waals surface area (Å²) >= 11 is 1.63. The second-order valence-electron chi connectivity index (χ2n) is 4.71. The number of aryl methyl sites for hydroxylation is 1. The van der Waals surface area contributed by atoms with E-state index < -0.39 is 0 Å². The van der Waals surface area contributed by atoms with Crippen LogP contribution in [-0.4, -0.2) is 12.6 Å². The average Bonchev–Trinajstić information content (AvgIpc) is 2.78. The van der Waals surface area contributed by atoms with Gasteiger partial charge in [-0.25, -0.2) is 4.79 Å². The highest BCUT2D eigenvalue weighted by Crippen LogP contribution is 2.33. The third-order valence-corrected chi connectivity index (χ3v) is 4.62. The molecule has 0 saturated carbocycles. The molecule has 94 valence electrons. The Bertz CT molecular complexity index is 395. The third-order valence-electron chi connectivity index (χ3n) is 3.40. The van der Waals surface area contributed by atoms with E-state index in [4.69, 9.17) is 4.74 Å². The molecule has 1 aliphatic carbocycles. The van der Waals surface area contributed by atoms with Crippen LogP contribution in [0.25, 0.3) is 0 Å². The van der Waals surface area contributed by atoms with Crippen LogP contribution in [0, 0.1) is 5.92 Å². The number of fused-ring (bicyclic) bond motifs is 1. The Morgan fingerprint density at radius 3 is 3.06 bits per heavy atom. The molecule has 1 aliphatic rings. The molecular formula is C14H20O2S. The lowest BCUT2D eigenvalue weighted by Gasteiger charge is -2.19. The summed E-state index contributed by atoms with van der Waals surface area (Å²) in [6, 6.07) is 2.06. The lowest BCUT2D eigenvalue weighted by Crippen LogP contribution is -2.10. The van der Waals surface area contributed by atoms with Gasteiger partial charge in [0.1, 0.15) is 4.88 Å². The Labute approximate surface area is 107 Å². The van der Waals surface area contributed by atoms with Crippen molar-refractivity contribution in [3.63, 3.8) is 0 Å². The van der Waals surface area contributed by atoms with Gasteiger partial charge in [0, 0.05) is 4.88 Å². The summed E-state index contributed by atoms with van der Waals surface area (Å²) in [4.78, 5) is 14.0. The van der Waals surface area contributed by atoms with Gasteiger partial charge in [0.05, 0.1) is 6.61 Å². The molecule has 0 N–H and O–H groups in total. The molecule has 0 aliphatic heterocycles. The van der Waals surface area contributed by atoms with Gasteiger partial charge in [-0.15, -0.1) is 11.3 Å². The summed E-state index contributed by atoms with van der Waals surface area (Å²) in [6.45, 7) is 4.79. The topological polar surface area (TPSA) is 26.3 Å². The summed E-state index contributed by atoms with van der Waals surface area (Å²) in [6.07, 6.45) is 5.68. The first-order valence-corrected chi connectivity index (χ1v) is 7.35. The molecule has 17 heavy (non-hydrogen) atoms. The van der Waals surface area contributed by atoms with Crippen molar-refractivity contribution in [2.24, 2.45) is 5.92 Å². The minimum atomic E-state index is -0.140. The maximum absolute atomic E-state index is 11.8. The van der Waals surface area contributed by atoms with Crippen LogP contribution in [0.2, 0.25) is 0 Å². The second kappa shape index (κ2) is 5.67. The van der Waals surface area contributed by atoms with E-state index in [0.29, 0.717) is 6.61 Å². The SMILES string of the molecule is CCCOC(=O)c1cc2c(s1)CCC(CC)C2. The Kier molecular flexibility index (Phi) is 4.21. The number of rotatable bonds is 4. The predicted octanol–water partition coefficient (Wildman–Crippen LogP) is 3.83. The van der Waals surface area contributed by atoms with E-state index in [-0.39, 0.29) is 5.97 Å². The molecule has 0 fully saturated rings. The number of carbonyl (C=O) groups is 1. The van der Waals surface area contributed by atoms with E-state index in [9.17, 15) is 4.79 Å². The van der Waals surface area contributed by atoms with Crippen LogP contribution >= 0.6 is 11.3 Å². The summed E-state index contributed by atoms with van der Waals surface area (Å²) in [5.41, 5.74) is 1.39. The molecule has 1 unspecified atom stereocenters. The summed E-state index contributed by atoms with van der Waals surface area (Å²) in [5.74, 6) is 0.663. The van der Waals surface area contributed by atoms with Crippen LogP contribution in [0.3, 0.4) is 0 Å². The first-order chi connectivity index (χ1) is 8.24. The molecule has 0 amide bonds. The maximum Gasteiger partial charge on any atom is 0.348 e. The third kappa shape index (κ3) is 2.89. The van der Waals surface area contributed by atoms with Crippen molar-refractivity contribution >= 4 is 17.3 Å². The molecule has 1 aromatic heterocycles. The highest BCUT2D eigenvalue weighted by molar-refractivity contribution is 7.14. The smallest absolute Gasteiger partial charge is 0.348 e. The molecule has 3 heteroatoms. The van der Waals surface area contributed by atoms with Gasteiger partial charge in [0.15, 0.2) is 0 Å². The zero-order chi connectivity index (χ0) is 12.3. The van der Waals surface area contributed by atoms with Crippen LogP contribution in [0.4, 0.5) is 0 Å². The van der Waals surface area contributed by atoms with Crippen molar-refractivity contribution in [2.75, 3.05) is 6.61 Å². The van der Waals surface area contributed by atoms with Gasteiger partial charge in [-0.2, -0.15) is 0 Å². The van der Waals surface area contributed by atoms with Gasteiger partial charge in [-0.05, 0) is 43.2 Å². The van der Waals surface area contributed by atoms with Crippen molar-refractivity contribution in [3.8, 4) is 0 Å². The fourth-order valence-corrected chi connectivity index (χ4v) is 3.42. The van der Waals surface area contributed by atoms with Gasteiger partial charge >= 0.3 is 5.97 Å². The molecule has 1 heterocycles. The summed E-state index contributed by atoms with van der Waals surface area (Å²) in [7, 11) is 0. The standard InChI is InChI=1S/C14H20O2S/c1-3-7-16-14(15)13-9-11-8-10(4-2)5-6-12(11)17-13/h9-10H,3-8H2,1-2H3. The number of esters is 1. The second-order valence-corrected chi connectivity index (χ2v) is 5.85. The largest absolute Gasteiger partial charge is 0.462 e. The molecule has 1 atom stereocenters. The summed E-state index contributed by atoms with van der Waals surface area (Å²) in [5, 5.41) is 0. The molecule has 2 rings (SSSR count). The van der Waals surface area contributed by atoms with E-state index >= 15 is 0 Å². The predicted molar refractivity (Wildman–Crippen MR) is 70.7 cm³/mol. The molecule has 2 nitrogen and oxygen atoms in total. The molecule has 0 spiro atoms. The Morgan fingerprint density at radius 2 is 2.35 bits per heavy atom. The number of thiophene rings is 1. The number of carbonyl (C=O) groups excluding carboxylic acids is 1. The van der Waals surface area contributed by atoms with Gasteiger partial charge in [-0.3, -0.25) is 0 Å². The highest BCUT2D eigenvalue weighted by Gasteiger charge is 2.22. The van der Waals surface area contributed by atoms with Crippen molar-refractivity contribution < 1.29 is 9.53 Å². The number of hydrogen-bond donors (Lipinski definition) is 0. The lowest BCUT2D eigenvalue weighted by atomic mass is 9.87. The fraction of sp³-hybridized carbons (Fsp3) is 0.643. The van der Waals surface area contributed by atoms with Crippen LogP contribution in [0.15, 0.2) is 6.07 Å². The molecule has 1 aromatic rings. The minimum Gasteiger partial charge on any atom is -0.462 e. The van der Waals surface area contributed by atoms with Crippen LogP contribution in [0.1, 0.15) is 53.2 Å². The van der Waals surface area contributed by atoms with Gasteiger partial charge in [0.25, 0.3) is 0 Å². The minimum absolute atomic E-state index is 0.140. The van der Waals surface area contributed by atoms with Crippen LogP contribution < -0.4 is 0 Å². The summed E-state index contributed by atoms with van der Waals surface area (Å²) < 4.78 is 5.18. The molecule has 0 aromatic carbocycles. The molecule has 0 saturated heterocycles. The molecular weight excluding hydrogens is 232 g/mol.